The van der Waals surface area contributed by atoms with Gasteiger partial charge in [-0.15, -0.1) is 11.3 Å². The smallest absolute Gasteiger partial charge is 0.320 e. The Labute approximate surface area is 87.0 Å². The van der Waals surface area contributed by atoms with Crippen LogP contribution in [0, 0.1) is 0 Å². The number of thiophene rings is 1. The predicted molar refractivity (Wildman–Crippen MR) is 58.0 cm³/mol. The molecule has 0 spiro atoms. The Hall–Kier alpha value is -1.07. The summed E-state index contributed by atoms with van der Waals surface area (Å²) in [7, 11) is 3.90. The van der Waals surface area contributed by atoms with E-state index in [0.717, 1.165) is 9.88 Å². The molecule has 1 unspecified atom stereocenters. The van der Waals surface area contributed by atoms with E-state index in [2.05, 4.69) is 0 Å². The number of carbonyl (C=O) groups is 1. The highest BCUT2D eigenvalue weighted by Crippen LogP contribution is 2.24. The van der Waals surface area contributed by atoms with Crippen LogP contribution in [0.3, 0.4) is 0 Å². The minimum Gasteiger partial charge on any atom is -0.480 e. The maximum absolute atomic E-state index is 10.5. The molecular formula is C9H14N2O2S. The van der Waals surface area contributed by atoms with E-state index in [1.54, 1.807) is 11.3 Å². The summed E-state index contributed by atoms with van der Waals surface area (Å²) in [6.07, 6.45) is 0.397. The van der Waals surface area contributed by atoms with E-state index in [-0.39, 0.29) is 0 Å². The van der Waals surface area contributed by atoms with Gasteiger partial charge in [0.1, 0.15) is 6.04 Å². The number of carboxylic acids is 1. The molecule has 0 saturated heterocycles. The van der Waals surface area contributed by atoms with Crippen LogP contribution in [0.15, 0.2) is 12.1 Å². The van der Waals surface area contributed by atoms with Gasteiger partial charge in [0.05, 0.1) is 5.00 Å². The van der Waals surface area contributed by atoms with E-state index in [0.29, 0.717) is 6.42 Å². The second-order valence-corrected chi connectivity index (χ2v) is 4.43. The van der Waals surface area contributed by atoms with Gasteiger partial charge in [0.25, 0.3) is 0 Å². The first-order valence-electron chi connectivity index (χ1n) is 4.25. The number of nitrogens with zero attached hydrogens (tertiary/aromatic N) is 1. The quantitative estimate of drug-likeness (QED) is 0.777. The Balaban J connectivity index is 2.64. The third kappa shape index (κ3) is 2.71. The minimum atomic E-state index is -0.954. The lowest BCUT2D eigenvalue weighted by molar-refractivity contribution is -0.138. The van der Waals surface area contributed by atoms with E-state index in [4.69, 9.17) is 10.8 Å². The van der Waals surface area contributed by atoms with Crippen molar-refractivity contribution >= 4 is 22.3 Å². The largest absolute Gasteiger partial charge is 0.480 e. The molecule has 4 nitrogen and oxygen atoms in total. The van der Waals surface area contributed by atoms with E-state index in [1.807, 2.05) is 31.1 Å². The highest BCUT2D eigenvalue weighted by molar-refractivity contribution is 7.16. The Morgan fingerprint density at radius 1 is 1.64 bits per heavy atom. The van der Waals surface area contributed by atoms with Crippen LogP contribution in [0.5, 0.6) is 0 Å². The topological polar surface area (TPSA) is 66.6 Å². The summed E-state index contributed by atoms with van der Waals surface area (Å²) >= 11 is 1.57. The molecule has 0 saturated carbocycles. The van der Waals surface area contributed by atoms with Gasteiger partial charge in [-0.2, -0.15) is 0 Å². The van der Waals surface area contributed by atoms with Crippen molar-refractivity contribution in [3.63, 3.8) is 0 Å². The first kappa shape index (κ1) is 11.0. The third-order valence-electron chi connectivity index (χ3n) is 1.83. The highest BCUT2D eigenvalue weighted by Gasteiger charge is 2.13. The number of hydrogen-bond acceptors (Lipinski definition) is 4. The maximum atomic E-state index is 10.5. The van der Waals surface area contributed by atoms with E-state index in [9.17, 15) is 4.79 Å². The summed E-state index contributed by atoms with van der Waals surface area (Å²) in [5, 5.41) is 9.74. The maximum Gasteiger partial charge on any atom is 0.320 e. The zero-order chi connectivity index (χ0) is 10.7. The molecule has 78 valence electrons. The van der Waals surface area contributed by atoms with Gasteiger partial charge < -0.3 is 15.7 Å². The molecule has 5 heteroatoms. The van der Waals surface area contributed by atoms with E-state index >= 15 is 0 Å². The molecule has 1 heterocycles. The molecule has 1 aromatic rings. The Morgan fingerprint density at radius 3 is 2.71 bits per heavy atom. The van der Waals surface area contributed by atoms with E-state index in [1.165, 1.54) is 0 Å². The number of carboxylic acid groups (broad SMARTS) is 1. The molecule has 14 heavy (non-hydrogen) atoms. The molecule has 0 aliphatic carbocycles. The van der Waals surface area contributed by atoms with Gasteiger partial charge in [-0.1, -0.05) is 0 Å². The van der Waals surface area contributed by atoms with Gasteiger partial charge in [0.15, 0.2) is 0 Å². The van der Waals surface area contributed by atoms with Crippen LogP contribution in [-0.2, 0) is 11.2 Å². The lowest BCUT2D eigenvalue weighted by Crippen LogP contribution is -2.31. The average molecular weight is 214 g/mol. The number of nitrogens with two attached hydrogens (primary N) is 1. The average Bonchev–Trinajstić information content (AvgIpc) is 2.52. The van der Waals surface area contributed by atoms with Gasteiger partial charge >= 0.3 is 5.97 Å². The van der Waals surface area contributed by atoms with Crippen LogP contribution >= 0.6 is 11.3 Å². The van der Waals surface area contributed by atoms with Gasteiger partial charge in [-0.25, -0.2) is 0 Å². The van der Waals surface area contributed by atoms with Crippen LogP contribution in [0.4, 0.5) is 5.00 Å². The molecule has 3 N–H and O–H groups in total. The number of anilines is 1. The SMILES string of the molecule is CN(C)c1ccc(CC(N)C(=O)O)s1. The first-order chi connectivity index (χ1) is 6.50. The van der Waals surface area contributed by atoms with Crippen LogP contribution in [0.25, 0.3) is 0 Å². The Bertz CT molecular complexity index is 322. The summed E-state index contributed by atoms with van der Waals surface area (Å²) in [5.74, 6) is -0.954. The minimum absolute atomic E-state index is 0.397. The molecular weight excluding hydrogens is 200 g/mol. The Morgan fingerprint density at radius 2 is 2.29 bits per heavy atom. The van der Waals surface area contributed by atoms with Gasteiger partial charge in [-0.3, -0.25) is 4.79 Å². The zero-order valence-corrected chi connectivity index (χ0v) is 9.04. The van der Waals surface area contributed by atoms with Crippen LogP contribution in [0.1, 0.15) is 4.88 Å². The van der Waals surface area contributed by atoms with Crippen molar-refractivity contribution in [3.8, 4) is 0 Å². The molecule has 1 aromatic heterocycles. The molecule has 0 amide bonds. The highest BCUT2D eigenvalue weighted by atomic mass is 32.1. The number of hydrogen-bond donors (Lipinski definition) is 2. The van der Waals surface area contributed by atoms with Crippen molar-refractivity contribution in [2.45, 2.75) is 12.5 Å². The molecule has 0 aliphatic rings. The van der Waals surface area contributed by atoms with Crippen LogP contribution < -0.4 is 10.6 Å². The van der Waals surface area contributed by atoms with Crippen LogP contribution in [0.2, 0.25) is 0 Å². The summed E-state index contributed by atoms with van der Waals surface area (Å²) < 4.78 is 0. The molecule has 0 radical (unpaired) electrons. The second kappa shape index (κ2) is 4.43. The molecule has 0 bridgehead atoms. The van der Waals surface area contributed by atoms with Gasteiger partial charge in [-0.05, 0) is 12.1 Å². The summed E-state index contributed by atoms with van der Waals surface area (Å²) in [4.78, 5) is 13.5. The lowest BCUT2D eigenvalue weighted by atomic mass is 10.2. The van der Waals surface area contributed by atoms with Crippen molar-refractivity contribution in [3.05, 3.63) is 17.0 Å². The van der Waals surface area contributed by atoms with Crippen molar-refractivity contribution in [2.75, 3.05) is 19.0 Å². The summed E-state index contributed by atoms with van der Waals surface area (Å²) in [5.41, 5.74) is 5.43. The van der Waals surface area contributed by atoms with Crippen molar-refractivity contribution in [1.29, 1.82) is 0 Å². The van der Waals surface area contributed by atoms with E-state index < -0.39 is 12.0 Å². The van der Waals surface area contributed by atoms with Crippen molar-refractivity contribution in [1.82, 2.24) is 0 Å². The fourth-order valence-corrected chi connectivity index (χ4v) is 2.01. The molecule has 1 atom stereocenters. The first-order valence-corrected chi connectivity index (χ1v) is 5.07. The lowest BCUT2D eigenvalue weighted by Gasteiger charge is -2.07. The fraction of sp³-hybridized carbons (Fsp3) is 0.444. The molecule has 0 aromatic carbocycles. The number of aliphatic carboxylic acids is 1. The standard InChI is InChI=1S/C9H14N2O2S/c1-11(2)8-4-3-6(14-8)5-7(10)9(12)13/h3-4,7H,5,10H2,1-2H3,(H,12,13). The van der Waals surface area contributed by atoms with Crippen molar-refractivity contribution in [2.24, 2.45) is 5.73 Å². The summed E-state index contributed by atoms with van der Waals surface area (Å²) in [6, 6.07) is 3.08. The normalized spacial score (nSPS) is 12.5. The third-order valence-corrected chi connectivity index (χ3v) is 3.10. The molecule has 0 aliphatic heterocycles. The second-order valence-electron chi connectivity index (χ2n) is 3.28. The molecule has 0 fully saturated rings. The molecule has 1 rings (SSSR count). The van der Waals surface area contributed by atoms with Gasteiger partial charge in [0, 0.05) is 25.4 Å². The monoisotopic (exact) mass is 214 g/mol. The summed E-state index contributed by atoms with van der Waals surface area (Å²) in [6.45, 7) is 0. The number of rotatable bonds is 4. The van der Waals surface area contributed by atoms with Crippen LogP contribution in [-0.4, -0.2) is 31.2 Å². The van der Waals surface area contributed by atoms with Crippen molar-refractivity contribution < 1.29 is 9.90 Å². The van der Waals surface area contributed by atoms with Gasteiger partial charge in [0.2, 0.25) is 0 Å². The predicted octanol–water partition coefficient (Wildman–Crippen LogP) is 0.768. The zero-order valence-electron chi connectivity index (χ0n) is 8.23. The Kier molecular flexibility index (Phi) is 3.49. The fourth-order valence-electron chi connectivity index (χ4n) is 1.02.